The maximum absolute atomic E-state index is 6.12. The number of pyridine rings is 1. The van der Waals surface area contributed by atoms with Gasteiger partial charge in [0.2, 0.25) is 5.88 Å². The number of hydrogen-bond donors (Lipinski definition) is 1. The van der Waals surface area contributed by atoms with E-state index in [1.54, 1.807) is 18.3 Å². The first-order chi connectivity index (χ1) is 9.60. The molecule has 0 saturated carbocycles. The zero-order chi connectivity index (χ0) is 14.5. The van der Waals surface area contributed by atoms with Crippen molar-refractivity contribution in [3.8, 4) is 11.6 Å². The highest BCUT2D eigenvalue weighted by Gasteiger charge is 2.09. The second kappa shape index (κ2) is 7.27. The Kier molecular flexibility index (Phi) is 5.66. The van der Waals surface area contributed by atoms with Gasteiger partial charge in [-0.1, -0.05) is 30.1 Å². The van der Waals surface area contributed by atoms with Gasteiger partial charge < -0.3 is 10.1 Å². The molecular weight excluding hydrogens is 363 g/mol. The highest BCUT2D eigenvalue weighted by atomic mass is 79.9. The lowest BCUT2D eigenvalue weighted by molar-refractivity contribution is 0.462. The highest BCUT2D eigenvalue weighted by Crippen LogP contribution is 2.36. The Morgan fingerprint density at radius 3 is 2.80 bits per heavy atom. The SMILES string of the molecule is CCNCc1ccnc(Oc2cc(Cl)c(Br)cc2Cl)c1. The first-order valence-corrected chi connectivity index (χ1v) is 7.63. The third-order valence-electron chi connectivity index (χ3n) is 2.57. The molecule has 1 N–H and O–H groups in total. The molecular formula is C14H13BrCl2N2O. The largest absolute Gasteiger partial charge is 0.437 e. The molecule has 0 saturated heterocycles. The summed E-state index contributed by atoms with van der Waals surface area (Å²) in [6.07, 6.45) is 1.70. The van der Waals surface area contributed by atoms with Crippen LogP contribution in [0.4, 0.5) is 0 Å². The van der Waals surface area contributed by atoms with Crippen LogP contribution >= 0.6 is 39.1 Å². The van der Waals surface area contributed by atoms with Crippen molar-refractivity contribution in [1.82, 2.24) is 10.3 Å². The lowest BCUT2D eigenvalue weighted by atomic mass is 10.2. The number of nitrogens with zero attached hydrogens (tertiary/aromatic N) is 1. The number of aromatic nitrogens is 1. The Hall–Kier alpha value is -0.810. The average molecular weight is 376 g/mol. The van der Waals surface area contributed by atoms with E-state index in [1.165, 1.54) is 0 Å². The summed E-state index contributed by atoms with van der Waals surface area (Å²) in [5.41, 5.74) is 1.09. The van der Waals surface area contributed by atoms with Gasteiger partial charge >= 0.3 is 0 Å². The first-order valence-electron chi connectivity index (χ1n) is 6.08. The Labute approximate surface area is 136 Å². The predicted molar refractivity (Wildman–Crippen MR) is 85.9 cm³/mol. The fraction of sp³-hybridized carbons (Fsp3) is 0.214. The van der Waals surface area contributed by atoms with Crippen molar-refractivity contribution in [3.63, 3.8) is 0 Å². The Morgan fingerprint density at radius 2 is 2.05 bits per heavy atom. The molecule has 0 spiro atoms. The van der Waals surface area contributed by atoms with Crippen molar-refractivity contribution >= 4 is 39.1 Å². The van der Waals surface area contributed by atoms with Gasteiger partial charge in [-0.25, -0.2) is 4.98 Å². The fourth-order valence-corrected chi connectivity index (χ4v) is 2.41. The number of halogens is 3. The van der Waals surface area contributed by atoms with Crippen LogP contribution in [0.2, 0.25) is 10.0 Å². The first kappa shape index (κ1) is 15.6. The van der Waals surface area contributed by atoms with Gasteiger partial charge in [0.05, 0.1) is 10.0 Å². The summed E-state index contributed by atoms with van der Waals surface area (Å²) in [6, 6.07) is 7.16. The van der Waals surface area contributed by atoms with Gasteiger partial charge in [-0.3, -0.25) is 0 Å². The standard InChI is InChI=1S/C14H13BrCl2N2O/c1-2-18-8-9-3-4-19-14(5-9)20-13-7-11(16)10(15)6-12(13)17/h3-7,18H,2,8H2,1H3. The zero-order valence-electron chi connectivity index (χ0n) is 10.8. The predicted octanol–water partition coefficient (Wildman–Crippen LogP) is 5.05. The summed E-state index contributed by atoms with van der Waals surface area (Å²) >= 11 is 15.5. The molecule has 0 amide bonds. The van der Waals surface area contributed by atoms with Crippen LogP contribution in [0.3, 0.4) is 0 Å². The summed E-state index contributed by atoms with van der Waals surface area (Å²) in [5, 5.41) is 4.25. The molecule has 0 fully saturated rings. The molecule has 0 unspecified atom stereocenters. The maximum Gasteiger partial charge on any atom is 0.219 e. The normalized spacial score (nSPS) is 10.6. The second-order valence-electron chi connectivity index (χ2n) is 4.08. The van der Waals surface area contributed by atoms with Gasteiger partial charge in [-0.05, 0) is 40.2 Å². The summed E-state index contributed by atoms with van der Waals surface area (Å²) in [5.74, 6) is 0.966. The molecule has 1 aromatic heterocycles. The topological polar surface area (TPSA) is 34.2 Å². The van der Waals surface area contributed by atoms with Gasteiger partial charge in [-0.2, -0.15) is 0 Å². The van der Waals surface area contributed by atoms with Gasteiger partial charge in [-0.15, -0.1) is 0 Å². The molecule has 0 atom stereocenters. The minimum absolute atomic E-state index is 0.472. The molecule has 2 rings (SSSR count). The van der Waals surface area contributed by atoms with Crippen LogP contribution in [-0.2, 0) is 6.54 Å². The van der Waals surface area contributed by atoms with Crippen LogP contribution in [0.1, 0.15) is 12.5 Å². The lowest BCUT2D eigenvalue weighted by Gasteiger charge is -2.09. The molecule has 0 bridgehead atoms. The van der Waals surface area contributed by atoms with E-state index in [0.717, 1.165) is 23.1 Å². The minimum Gasteiger partial charge on any atom is -0.437 e. The van der Waals surface area contributed by atoms with Gasteiger partial charge in [0.1, 0.15) is 5.75 Å². The molecule has 20 heavy (non-hydrogen) atoms. The Balaban J connectivity index is 2.19. The summed E-state index contributed by atoms with van der Waals surface area (Å²) in [7, 11) is 0. The molecule has 2 aromatic rings. The van der Waals surface area contributed by atoms with Crippen molar-refractivity contribution in [2.75, 3.05) is 6.54 Å². The number of hydrogen-bond acceptors (Lipinski definition) is 3. The van der Waals surface area contributed by atoms with Crippen LogP contribution in [0.15, 0.2) is 34.9 Å². The molecule has 0 aliphatic rings. The van der Waals surface area contributed by atoms with Crippen molar-refractivity contribution in [2.24, 2.45) is 0 Å². The van der Waals surface area contributed by atoms with Gasteiger partial charge in [0.15, 0.2) is 0 Å². The van der Waals surface area contributed by atoms with E-state index in [9.17, 15) is 0 Å². The van der Waals surface area contributed by atoms with E-state index >= 15 is 0 Å². The maximum atomic E-state index is 6.12. The van der Waals surface area contributed by atoms with E-state index in [-0.39, 0.29) is 0 Å². The van der Waals surface area contributed by atoms with Gasteiger partial charge in [0, 0.05) is 29.3 Å². The fourth-order valence-electron chi connectivity index (χ4n) is 1.58. The van der Waals surface area contributed by atoms with E-state index in [4.69, 9.17) is 27.9 Å². The van der Waals surface area contributed by atoms with Crippen LogP contribution in [0.25, 0.3) is 0 Å². The Morgan fingerprint density at radius 1 is 1.25 bits per heavy atom. The third-order valence-corrected chi connectivity index (χ3v) is 4.06. The zero-order valence-corrected chi connectivity index (χ0v) is 13.9. The van der Waals surface area contributed by atoms with Crippen LogP contribution in [0.5, 0.6) is 11.6 Å². The number of benzene rings is 1. The third kappa shape index (κ3) is 4.09. The smallest absolute Gasteiger partial charge is 0.219 e. The molecule has 3 nitrogen and oxygen atoms in total. The van der Waals surface area contributed by atoms with E-state index in [2.05, 4.69) is 33.2 Å². The van der Waals surface area contributed by atoms with Crippen LogP contribution in [-0.4, -0.2) is 11.5 Å². The summed E-state index contributed by atoms with van der Waals surface area (Å²) in [4.78, 5) is 4.17. The molecule has 0 aliphatic carbocycles. The number of ether oxygens (including phenoxy) is 1. The van der Waals surface area contributed by atoms with Crippen LogP contribution in [0, 0.1) is 0 Å². The van der Waals surface area contributed by atoms with E-state index in [0.29, 0.717) is 21.7 Å². The number of nitrogens with one attached hydrogen (secondary N) is 1. The van der Waals surface area contributed by atoms with Crippen molar-refractivity contribution in [1.29, 1.82) is 0 Å². The molecule has 106 valence electrons. The number of rotatable bonds is 5. The molecule has 0 radical (unpaired) electrons. The minimum atomic E-state index is 0.472. The average Bonchev–Trinajstić information content (AvgIpc) is 2.43. The van der Waals surface area contributed by atoms with E-state index < -0.39 is 0 Å². The summed E-state index contributed by atoms with van der Waals surface area (Å²) < 4.78 is 6.42. The van der Waals surface area contributed by atoms with Crippen LogP contribution < -0.4 is 10.1 Å². The quantitative estimate of drug-likeness (QED) is 0.742. The Bertz CT molecular complexity index is 608. The molecule has 1 aromatic carbocycles. The van der Waals surface area contributed by atoms with E-state index in [1.807, 2.05) is 12.1 Å². The highest BCUT2D eigenvalue weighted by molar-refractivity contribution is 9.10. The van der Waals surface area contributed by atoms with Gasteiger partial charge in [0.25, 0.3) is 0 Å². The van der Waals surface area contributed by atoms with Crippen molar-refractivity contribution < 1.29 is 4.74 Å². The second-order valence-corrected chi connectivity index (χ2v) is 5.75. The van der Waals surface area contributed by atoms with Crippen molar-refractivity contribution in [2.45, 2.75) is 13.5 Å². The molecule has 0 aliphatic heterocycles. The lowest BCUT2D eigenvalue weighted by Crippen LogP contribution is -2.11. The monoisotopic (exact) mass is 374 g/mol. The molecule has 1 heterocycles. The molecule has 6 heteroatoms. The summed E-state index contributed by atoms with van der Waals surface area (Å²) in [6.45, 7) is 3.74. The van der Waals surface area contributed by atoms with Crippen molar-refractivity contribution in [3.05, 3.63) is 50.5 Å².